The highest BCUT2D eigenvalue weighted by Crippen LogP contribution is 2.59. The van der Waals surface area contributed by atoms with Crippen molar-refractivity contribution in [2.24, 2.45) is 11.3 Å². The maximum atomic E-state index is 12.8. The smallest absolute Gasteiger partial charge is 0.309 e. The van der Waals surface area contributed by atoms with E-state index in [1.165, 1.54) is 31.4 Å². The predicted octanol–water partition coefficient (Wildman–Crippen LogP) is 2.01. The summed E-state index contributed by atoms with van der Waals surface area (Å²) in [6.07, 6.45) is 2.53. The summed E-state index contributed by atoms with van der Waals surface area (Å²) in [6.45, 7) is 1.22. The first-order valence-electron chi connectivity index (χ1n) is 7.78. The maximum absolute atomic E-state index is 12.8. The molecule has 0 N–H and O–H groups in total. The molecule has 0 radical (unpaired) electrons. The number of hydrogen-bond donors (Lipinski definition) is 0. The molecule has 1 heterocycles. The minimum Gasteiger partial charge on any atom is -0.484 e. The molecule has 124 valence electrons. The third-order valence-electron chi connectivity index (χ3n) is 4.96. The van der Waals surface area contributed by atoms with Gasteiger partial charge >= 0.3 is 5.97 Å². The van der Waals surface area contributed by atoms with Crippen LogP contribution in [0.15, 0.2) is 24.3 Å². The van der Waals surface area contributed by atoms with Gasteiger partial charge < -0.3 is 14.4 Å². The molecule has 1 spiro atoms. The van der Waals surface area contributed by atoms with Gasteiger partial charge in [0.1, 0.15) is 11.6 Å². The third-order valence-corrected chi connectivity index (χ3v) is 4.96. The van der Waals surface area contributed by atoms with Crippen molar-refractivity contribution in [2.45, 2.75) is 19.3 Å². The number of rotatable bonds is 4. The van der Waals surface area contributed by atoms with Gasteiger partial charge in [0.25, 0.3) is 5.91 Å². The van der Waals surface area contributed by atoms with Gasteiger partial charge in [0.05, 0.1) is 13.0 Å². The number of benzene rings is 1. The first-order chi connectivity index (χ1) is 11.0. The Morgan fingerprint density at radius 3 is 2.52 bits per heavy atom. The van der Waals surface area contributed by atoms with Crippen LogP contribution in [0.5, 0.6) is 5.75 Å². The number of methoxy groups -OCH3 is 1. The lowest BCUT2D eigenvalue weighted by molar-refractivity contribution is -0.143. The maximum Gasteiger partial charge on any atom is 0.309 e. The van der Waals surface area contributed by atoms with Crippen LogP contribution in [0.1, 0.15) is 19.3 Å². The minimum absolute atomic E-state index is 0.000201. The SMILES string of the molecule is COC(=O)C1CC12CCN(C(=O)COc1ccc(F)cc1)CC2. The Bertz CT molecular complexity index is 593. The Morgan fingerprint density at radius 1 is 1.26 bits per heavy atom. The lowest BCUT2D eigenvalue weighted by Crippen LogP contribution is -2.42. The highest BCUT2D eigenvalue weighted by Gasteiger charge is 2.59. The number of carbonyl (C=O) groups excluding carboxylic acids is 2. The summed E-state index contributed by atoms with van der Waals surface area (Å²) in [4.78, 5) is 25.5. The van der Waals surface area contributed by atoms with Gasteiger partial charge in [-0.15, -0.1) is 0 Å². The Kier molecular flexibility index (Phi) is 4.24. The molecule has 0 aromatic heterocycles. The molecule has 1 amide bonds. The van der Waals surface area contributed by atoms with E-state index in [2.05, 4.69) is 0 Å². The largest absolute Gasteiger partial charge is 0.484 e. The zero-order chi connectivity index (χ0) is 16.4. The quantitative estimate of drug-likeness (QED) is 0.796. The topological polar surface area (TPSA) is 55.8 Å². The summed E-state index contributed by atoms with van der Waals surface area (Å²) >= 11 is 0. The normalized spacial score (nSPS) is 21.8. The van der Waals surface area contributed by atoms with Gasteiger partial charge in [0, 0.05) is 13.1 Å². The van der Waals surface area contributed by atoms with Crippen LogP contribution in [0, 0.1) is 17.2 Å². The van der Waals surface area contributed by atoms with E-state index in [-0.39, 0.29) is 35.6 Å². The second-order valence-electron chi connectivity index (χ2n) is 6.27. The van der Waals surface area contributed by atoms with Crippen molar-refractivity contribution < 1.29 is 23.5 Å². The van der Waals surface area contributed by atoms with Gasteiger partial charge in [-0.1, -0.05) is 0 Å². The minimum atomic E-state index is -0.338. The van der Waals surface area contributed by atoms with E-state index in [0.29, 0.717) is 18.8 Å². The Morgan fingerprint density at radius 2 is 1.91 bits per heavy atom. The van der Waals surface area contributed by atoms with Crippen molar-refractivity contribution in [3.63, 3.8) is 0 Å². The predicted molar refractivity (Wildman–Crippen MR) is 80.3 cm³/mol. The van der Waals surface area contributed by atoms with Gasteiger partial charge in [0.2, 0.25) is 0 Å². The van der Waals surface area contributed by atoms with Crippen LogP contribution >= 0.6 is 0 Å². The molecule has 2 aliphatic rings. The summed E-state index contributed by atoms with van der Waals surface area (Å²) in [7, 11) is 1.42. The van der Waals surface area contributed by atoms with Crippen LogP contribution in [0.25, 0.3) is 0 Å². The Labute approximate surface area is 134 Å². The lowest BCUT2D eigenvalue weighted by atomic mass is 9.91. The van der Waals surface area contributed by atoms with Crippen LogP contribution in [0.4, 0.5) is 4.39 Å². The Hall–Kier alpha value is -2.11. The second kappa shape index (κ2) is 6.18. The molecule has 1 saturated carbocycles. The molecule has 23 heavy (non-hydrogen) atoms. The average Bonchev–Trinajstić information content (AvgIpc) is 3.27. The number of ether oxygens (including phenoxy) is 2. The van der Waals surface area contributed by atoms with Crippen LogP contribution in [-0.2, 0) is 14.3 Å². The lowest BCUT2D eigenvalue weighted by Gasteiger charge is -2.32. The van der Waals surface area contributed by atoms with E-state index >= 15 is 0 Å². The number of likely N-dealkylation sites (tertiary alicyclic amines) is 1. The van der Waals surface area contributed by atoms with Crippen molar-refractivity contribution in [1.29, 1.82) is 0 Å². The van der Waals surface area contributed by atoms with Gasteiger partial charge in [-0.25, -0.2) is 4.39 Å². The summed E-state index contributed by atoms with van der Waals surface area (Å²) in [5.74, 6) is -0.0835. The molecule has 1 saturated heterocycles. The third kappa shape index (κ3) is 3.30. The van der Waals surface area contributed by atoms with Crippen LogP contribution < -0.4 is 4.74 Å². The number of carbonyl (C=O) groups is 2. The fraction of sp³-hybridized carbons (Fsp3) is 0.529. The van der Waals surface area contributed by atoms with E-state index in [4.69, 9.17) is 9.47 Å². The zero-order valence-electron chi connectivity index (χ0n) is 13.1. The summed E-state index contributed by atoms with van der Waals surface area (Å²) in [5, 5.41) is 0. The first kappa shape index (κ1) is 15.8. The fourth-order valence-electron chi connectivity index (χ4n) is 3.34. The molecule has 2 fully saturated rings. The summed E-state index contributed by atoms with van der Waals surface area (Å²) in [5.41, 5.74) is 0.0433. The molecule has 5 nitrogen and oxygen atoms in total. The first-order valence-corrected chi connectivity index (χ1v) is 7.78. The second-order valence-corrected chi connectivity index (χ2v) is 6.27. The molecule has 1 aliphatic heterocycles. The van der Waals surface area contributed by atoms with Crippen LogP contribution in [-0.4, -0.2) is 43.6 Å². The van der Waals surface area contributed by atoms with E-state index in [0.717, 1.165) is 19.3 Å². The molecular formula is C17H20FNO4. The van der Waals surface area contributed by atoms with Gasteiger partial charge in [-0.2, -0.15) is 0 Å². The van der Waals surface area contributed by atoms with Crippen molar-refractivity contribution in [1.82, 2.24) is 4.90 Å². The standard InChI is InChI=1S/C17H20FNO4/c1-22-16(21)14-10-17(14)6-8-19(9-7-17)15(20)11-23-13-4-2-12(18)3-5-13/h2-5,14H,6-11H2,1H3. The molecule has 1 aromatic carbocycles. The van der Waals surface area contributed by atoms with Gasteiger partial charge in [-0.05, 0) is 48.9 Å². The van der Waals surface area contributed by atoms with Crippen molar-refractivity contribution in [3.05, 3.63) is 30.1 Å². The van der Waals surface area contributed by atoms with Gasteiger partial charge in [0.15, 0.2) is 6.61 Å². The number of hydrogen-bond acceptors (Lipinski definition) is 4. The van der Waals surface area contributed by atoms with E-state index in [1.54, 1.807) is 4.90 Å². The Balaban J connectivity index is 1.45. The van der Waals surface area contributed by atoms with E-state index in [9.17, 15) is 14.0 Å². The van der Waals surface area contributed by atoms with Crippen molar-refractivity contribution in [2.75, 3.05) is 26.8 Å². The average molecular weight is 321 g/mol. The van der Waals surface area contributed by atoms with Gasteiger partial charge in [-0.3, -0.25) is 9.59 Å². The highest BCUT2D eigenvalue weighted by molar-refractivity contribution is 5.79. The summed E-state index contributed by atoms with van der Waals surface area (Å²) < 4.78 is 23.0. The summed E-state index contributed by atoms with van der Waals surface area (Å²) in [6, 6.07) is 5.59. The van der Waals surface area contributed by atoms with Crippen LogP contribution in [0.2, 0.25) is 0 Å². The molecule has 1 aliphatic carbocycles. The molecule has 3 rings (SSSR count). The number of amides is 1. The van der Waals surface area contributed by atoms with E-state index in [1.807, 2.05) is 0 Å². The number of halogens is 1. The molecule has 1 unspecified atom stereocenters. The molecule has 6 heteroatoms. The zero-order valence-corrected chi connectivity index (χ0v) is 13.1. The highest BCUT2D eigenvalue weighted by atomic mass is 19.1. The fourth-order valence-corrected chi connectivity index (χ4v) is 3.34. The monoisotopic (exact) mass is 321 g/mol. The van der Waals surface area contributed by atoms with Crippen LogP contribution in [0.3, 0.4) is 0 Å². The van der Waals surface area contributed by atoms with E-state index < -0.39 is 0 Å². The number of piperidine rings is 1. The number of esters is 1. The van der Waals surface area contributed by atoms with Crippen molar-refractivity contribution in [3.8, 4) is 5.75 Å². The molecule has 1 atom stereocenters. The number of nitrogens with zero attached hydrogens (tertiary/aromatic N) is 1. The molecule has 0 bridgehead atoms. The van der Waals surface area contributed by atoms with Crippen molar-refractivity contribution >= 4 is 11.9 Å². The molecular weight excluding hydrogens is 301 g/mol. The molecule has 1 aromatic rings.